The number of anilines is 1. The standard InChI is InChI=1S/C18H21N3O3/c19-13-18(8-1-2-9-18)20-16(22)12-24-15-6-3-5-14(11-15)21-10-4-7-17(21)23/h3,5-6,11H,1-2,4,7-10,12H2,(H,20,22). The van der Waals surface area contributed by atoms with E-state index < -0.39 is 5.54 Å². The molecule has 1 aromatic rings. The summed E-state index contributed by atoms with van der Waals surface area (Å²) in [5.74, 6) is 0.364. The lowest BCUT2D eigenvalue weighted by Crippen LogP contribution is -2.47. The van der Waals surface area contributed by atoms with Gasteiger partial charge in [0.2, 0.25) is 5.91 Å². The molecular weight excluding hydrogens is 306 g/mol. The monoisotopic (exact) mass is 327 g/mol. The summed E-state index contributed by atoms with van der Waals surface area (Å²) in [5.41, 5.74) is 0.0595. The summed E-state index contributed by atoms with van der Waals surface area (Å²) in [5, 5.41) is 12.1. The third kappa shape index (κ3) is 3.51. The number of nitrogens with one attached hydrogen (secondary N) is 1. The maximum atomic E-state index is 12.1. The SMILES string of the molecule is N#CC1(NC(=O)COc2cccc(N3CCCC3=O)c2)CCCC1. The lowest BCUT2D eigenvalue weighted by Gasteiger charge is -2.22. The number of nitriles is 1. The van der Waals surface area contributed by atoms with Crippen molar-refractivity contribution in [2.45, 2.75) is 44.1 Å². The molecule has 0 atom stereocenters. The van der Waals surface area contributed by atoms with Gasteiger partial charge in [0, 0.05) is 24.7 Å². The van der Waals surface area contributed by atoms with Crippen LogP contribution in [0.4, 0.5) is 5.69 Å². The van der Waals surface area contributed by atoms with E-state index in [1.54, 1.807) is 17.0 Å². The Morgan fingerprint density at radius 3 is 2.79 bits per heavy atom. The molecule has 0 unspecified atom stereocenters. The highest BCUT2D eigenvalue weighted by molar-refractivity contribution is 5.95. The molecule has 0 spiro atoms. The number of nitrogens with zero attached hydrogens (tertiary/aromatic N) is 2. The smallest absolute Gasteiger partial charge is 0.259 e. The molecule has 6 heteroatoms. The minimum Gasteiger partial charge on any atom is -0.484 e. The first kappa shape index (κ1) is 16.3. The second-order valence-electron chi connectivity index (χ2n) is 6.38. The second-order valence-corrected chi connectivity index (χ2v) is 6.38. The van der Waals surface area contributed by atoms with Gasteiger partial charge in [-0.25, -0.2) is 0 Å². The first-order valence-electron chi connectivity index (χ1n) is 8.37. The van der Waals surface area contributed by atoms with Crippen molar-refractivity contribution in [3.63, 3.8) is 0 Å². The zero-order chi connectivity index (χ0) is 17.0. The summed E-state index contributed by atoms with van der Waals surface area (Å²) in [7, 11) is 0. The van der Waals surface area contributed by atoms with Gasteiger partial charge in [-0.15, -0.1) is 0 Å². The van der Waals surface area contributed by atoms with Crippen molar-refractivity contribution >= 4 is 17.5 Å². The van der Waals surface area contributed by atoms with Crippen molar-refractivity contribution in [3.8, 4) is 11.8 Å². The predicted molar refractivity (Wildman–Crippen MR) is 88.5 cm³/mol. The van der Waals surface area contributed by atoms with Crippen LogP contribution in [-0.4, -0.2) is 30.5 Å². The van der Waals surface area contributed by atoms with Gasteiger partial charge in [-0.05, 0) is 44.2 Å². The van der Waals surface area contributed by atoms with E-state index in [1.165, 1.54) is 0 Å². The second kappa shape index (κ2) is 6.91. The van der Waals surface area contributed by atoms with E-state index in [1.807, 2.05) is 12.1 Å². The summed E-state index contributed by atoms with van der Waals surface area (Å²) >= 11 is 0. The topological polar surface area (TPSA) is 82.4 Å². The largest absolute Gasteiger partial charge is 0.484 e. The number of amides is 2. The van der Waals surface area contributed by atoms with E-state index in [2.05, 4.69) is 11.4 Å². The van der Waals surface area contributed by atoms with Gasteiger partial charge in [-0.3, -0.25) is 9.59 Å². The van der Waals surface area contributed by atoms with Crippen LogP contribution in [0.15, 0.2) is 24.3 Å². The molecule has 1 aliphatic carbocycles. The van der Waals surface area contributed by atoms with Gasteiger partial charge >= 0.3 is 0 Å². The fourth-order valence-electron chi connectivity index (χ4n) is 3.36. The molecule has 24 heavy (non-hydrogen) atoms. The molecule has 126 valence electrons. The van der Waals surface area contributed by atoms with Crippen LogP contribution in [0.5, 0.6) is 5.75 Å². The van der Waals surface area contributed by atoms with Crippen molar-refractivity contribution in [1.29, 1.82) is 5.26 Å². The van der Waals surface area contributed by atoms with Gasteiger partial charge in [0.05, 0.1) is 6.07 Å². The third-order valence-electron chi connectivity index (χ3n) is 4.62. The minimum absolute atomic E-state index is 0.113. The molecule has 1 N–H and O–H groups in total. The molecule has 6 nitrogen and oxygen atoms in total. The van der Waals surface area contributed by atoms with Crippen LogP contribution < -0.4 is 15.0 Å². The highest BCUT2D eigenvalue weighted by atomic mass is 16.5. The number of benzene rings is 1. The number of carbonyl (C=O) groups excluding carboxylic acids is 2. The fourth-order valence-corrected chi connectivity index (χ4v) is 3.36. The van der Waals surface area contributed by atoms with E-state index in [4.69, 9.17) is 4.74 Å². The molecule has 0 aromatic heterocycles. The number of rotatable bonds is 5. The van der Waals surface area contributed by atoms with Gasteiger partial charge in [0.25, 0.3) is 5.91 Å². The molecule has 1 saturated heterocycles. The zero-order valence-electron chi connectivity index (χ0n) is 13.6. The molecule has 0 radical (unpaired) electrons. The first-order chi connectivity index (χ1) is 11.6. The van der Waals surface area contributed by atoms with Crippen molar-refractivity contribution < 1.29 is 14.3 Å². The molecule has 2 fully saturated rings. The molecule has 1 aliphatic heterocycles. The van der Waals surface area contributed by atoms with Crippen LogP contribution in [0, 0.1) is 11.3 Å². The lowest BCUT2D eigenvalue weighted by atomic mass is 10.00. The Morgan fingerprint density at radius 2 is 2.12 bits per heavy atom. The van der Waals surface area contributed by atoms with Gasteiger partial charge in [0.1, 0.15) is 11.3 Å². The van der Waals surface area contributed by atoms with Gasteiger partial charge in [-0.2, -0.15) is 5.26 Å². The summed E-state index contributed by atoms with van der Waals surface area (Å²) in [6.45, 7) is 0.578. The Kier molecular flexibility index (Phi) is 4.70. The van der Waals surface area contributed by atoms with E-state index in [9.17, 15) is 14.9 Å². The van der Waals surface area contributed by atoms with Crippen LogP contribution in [0.1, 0.15) is 38.5 Å². The van der Waals surface area contributed by atoms with Crippen LogP contribution in [0.25, 0.3) is 0 Å². The maximum absolute atomic E-state index is 12.1. The van der Waals surface area contributed by atoms with E-state index in [0.717, 1.165) is 24.9 Å². The molecular formula is C18H21N3O3. The number of hydrogen-bond donors (Lipinski definition) is 1. The van der Waals surface area contributed by atoms with Crippen molar-refractivity contribution in [1.82, 2.24) is 5.32 Å². The number of ether oxygens (including phenoxy) is 1. The number of carbonyl (C=O) groups is 2. The highest BCUT2D eigenvalue weighted by Crippen LogP contribution is 2.29. The predicted octanol–water partition coefficient (Wildman–Crippen LogP) is 2.14. The fraction of sp³-hybridized carbons (Fsp3) is 0.500. The normalized spacial score (nSPS) is 19.1. The summed E-state index contributed by atoms with van der Waals surface area (Å²) in [4.78, 5) is 25.6. The molecule has 3 rings (SSSR count). The molecule has 0 bridgehead atoms. The van der Waals surface area contributed by atoms with Crippen LogP contribution >= 0.6 is 0 Å². The molecule has 1 aromatic carbocycles. The van der Waals surface area contributed by atoms with E-state index >= 15 is 0 Å². The minimum atomic E-state index is -0.732. The highest BCUT2D eigenvalue weighted by Gasteiger charge is 2.35. The first-order valence-corrected chi connectivity index (χ1v) is 8.37. The molecule has 1 heterocycles. The quantitative estimate of drug-likeness (QED) is 0.898. The molecule has 2 amide bonds. The summed E-state index contributed by atoms with van der Waals surface area (Å²) in [6.07, 6.45) is 4.75. The Morgan fingerprint density at radius 1 is 1.33 bits per heavy atom. The van der Waals surface area contributed by atoms with Crippen LogP contribution in [0.3, 0.4) is 0 Å². The van der Waals surface area contributed by atoms with Gasteiger partial charge in [-0.1, -0.05) is 6.07 Å². The van der Waals surface area contributed by atoms with Crippen LogP contribution in [0.2, 0.25) is 0 Å². The van der Waals surface area contributed by atoms with Crippen molar-refractivity contribution in [2.24, 2.45) is 0 Å². The Balaban J connectivity index is 1.57. The Labute approximate surface area is 141 Å². The van der Waals surface area contributed by atoms with Crippen molar-refractivity contribution in [2.75, 3.05) is 18.1 Å². The van der Waals surface area contributed by atoms with E-state index in [0.29, 0.717) is 31.6 Å². The third-order valence-corrected chi connectivity index (χ3v) is 4.62. The van der Waals surface area contributed by atoms with Crippen LogP contribution in [-0.2, 0) is 9.59 Å². The van der Waals surface area contributed by atoms with Gasteiger partial charge in [0.15, 0.2) is 6.61 Å². The molecule has 2 aliphatic rings. The average molecular weight is 327 g/mol. The Bertz CT molecular complexity index is 674. The van der Waals surface area contributed by atoms with Gasteiger partial charge < -0.3 is 15.0 Å². The summed E-state index contributed by atoms with van der Waals surface area (Å²) < 4.78 is 5.54. The zero-order valence-corrected chi connectivity index (χ0v) is 13.6. The lowest BCUT2D eigenvalue weighted by molar-refractivity contribution is -0.124. The summed E-state index contributed by atoms with van der Waals surface area (Å²) in [6, 6.07) is 9.42. The number of hydrogen-bond acceptors (Lipinski definition) is 4. The average Bonchev–Trinajstić information content (AvgIpc) is 3.23. The Hall–Kier alpha value is -2.55. The molecule has 1 saturated carbocycles. The van der Waals surface area contributed by atoms with E-state index in [-0.39, 0.29) is 18.4 Å². The maximum Gasteiger partial charge on any atom is 0.259 e. The van der Waals surface area contributed by atoms with Crippen molar-refractivity contribution in [3.05, 3.63) is 24.3 Å².